The van der Waals surface area contributed by atoms with E-state index < -0.39 is 12.1 Å². The van der Waals surface area contributed by atoms with E-state index >= 15 is 0 Å². The standard InChI is InChI=1S/C32H43N5O4S/c1-32(2,3)23-17-37(27-25(38)18-41-28(23)27)30(40)26(21-7-5-6-8-21)34-29(39)22-11-9-20(10-12-22)24-19-42-31(33-24)36-15-13-35(4)14-16-36/h9-12,19,21,23,26-28H,5-8,13-18H2,1-4H3,(H,34,39)/t23-,26+,27-,28-/m1/s1. The molecular weight excluding hydrogens is 550 g/mol. The summed E-state index contributed by atoms with van der Waals surface area (Å²) < 4.78 is 5.91. The molecule has 1 saturated carbocycles. The maximum atomic E-state index is 14.1. The highest BCUT2D eigenvalue weighted by Crippen LogP contribution is 2.42. The Balaban J connectivity index is 1.17. The lowest BCUT2D eigenvalue weighted by molar-refractivity contribution is -0.139. The van der Waals surface area contributed by atoms with E-state index in [9.17, 15) is 14.4 Å². The second-order valence-electron chi connectivity index (χ2n) is 13.5. The Kier molecular flexibility index (Phi) is 8.15. The summed E-state index contributed by atoms with van der Waals surface area (Å²) in [5, 5.41) is 6.20. The van der Waals surface area contributed by atoms with Crippen LogP contribution in [0.25, 0.3) is 11.3 Å². The monoisotopic (exact) mass is 593 g/mol. The third-order valence-electron chi connectivity index (χ3n) is 9.71. The second kappa shape index (κ2) is 11.7. The Bertz CT molecular complexity index is 1310. The van der Waals surface area contributed by atoms with Gasteiger partial charge in [0.2, 0.25) is 5.91 Å². The summed E-state index contributed by atoms with van der Waals surface area (Å²) in [6.45, 7) is 10.9. The molecule has 2 aromatic rings. The predicted octanol–water partition coefficient (Wildman–Crippen LogP) is 3.69. The number of anilines is 1. The number of likely N-dealkylation sites (N-methyl/N-ethyl adjacent to an activating group) is 1. The van der Waals surface area contributed by atoms with Crippen LogP contribution in [0, 0.1) is 17.3 Å². The number of ether oxygens (including phenoxy) is 1. The van der Waals surface area contributed by atoms with Gasteiger partial charge in [0, 0.05) is 55.1 Å². The summed E-state index contributed by atoms with van der Waals surface area (Å²) >= 11 is 1.65. The van der Waals surface area contributed by atoms with Gasteiger partial charge in [-0.15, -0.1) is 11.3 Å². The van der Waals surface area contributed by atoms with Crippen LogP contribution in [0.4, 0.5) is 5.13 Å². The summed E-state index contributed by atoms with van der Waals surface area (Å²) in [4.78, 5) is 51.8. The molecule has 42 heavy (non-hydrogen) atoms. The minimum Gasteiger partial charge on any atom is -0.367 e. The number of piperazine rings is 1. The first kappa shape index (κ1) is 29.3. The average molecular weight is 594 g/mol. The molecular formula is C32H43N5O4S. The number of hydrogen-bond donors (Lipinski definition) is 1. The zero-order valence-corrected chi connectivity index (χ0v) is 26.0. The predicted molar refractivity (Wildman–Crippen MR) is 164 cm³/mol. The molecule has 0 unspecified atom stereocenters. The lowest BCUT2D eigenvalue weighted by Crippen LogP contribution is -2.54. The molecule has 4 atom stereocenters. The second-order valence-corrected chi connectivity index (χ2v) is 14.4. The Morgan fingerprint density at radius 2 is 1.76 bits per heavy atom. The van der Waals surface area contributed by atoms with Crippen LogP contribution in [0.2, 0.25) is 0 Å². The fourth-order valence-corrected chi connectivity index (χ4v) is 7.94. The Morgan fingerprint density at radius 3 is 2.43 bits per heavy atom. The van der Waals surface area contributed by atoms with Gasteiger partial charge in [-0.25, -0.2) is 4.98 Å². The Labute approximate surface area is 252 Å². The summed E-state index contributed by atoms with van der Waals surface area (Å²) in [6, 6.07) is 6.26. The fraction of sp³-hybridized carbons (Fsp3) is 0.625. The first-order valence-electron chi connectivity index (χ1n) is 15.4. The minimum atomic E-state index is -0.655. The van der Waals surface area contributed by atoms with Crippen molar-refractivity contribution in [3.63, 3.8) is 0 Å². The van der Waals surface area contributed by atoms with Crippen molar-refractivity contribution in [1.29, 1.82) is 0 Å². The lowest BCUT2D eigenvalue weighted by Gasteiger charge is -2.32. The number of aromatic nitrogens is 1. The van der Waals surface area contributed by atoms with Gasteiger partial charge in [0.15, 0.2) is 10.9 Å². The molecule has 6 rings (SSSR count). The van der Waals surface area contributed by atoms with Gasteiger partial charge in [0.1, 0.15) is 18.7 Å². The first-order valence-corrected chi connectivity index (χ1v) is 16.2. The van der Waals surface area contributed by atoms with Crippen molar-refractivity contribution < 1.29 is 19.1 Å². The number of carbonyl (C=O) groups excluding carboxylic acids is 3. The fourth-order valence-electron chi connectivity index (χ4n) is 7.06. The maximum Gasteiger partial charge on any atom is 0.251 e. The SMILES string of the molecule is CN1CCN(c2nc(-c3ccc(C(=O)N[C@H](C(=O)N4C[C@@H](C(C)(C)C)[C@H]5OCC(=O)[C@H]54)C4CCCC4)cc3)cs2)CC1. The van der Waals surface area contributed by atoms with E-state index in [0.717, 1.165) is 68.3 Å². The molecule has 1 aromatic carbocycles. The Hall–Kier alpha value is -2.82. The molecule has 9 nitrogen and oxygen atoms in total. The highest BCUT2D eigenvalue weighted by Gasteiger charge is 2.56. The minimum absolute atomic E-state index is 0.0370. The van der Waals surface area contributed by atoms with Gasteiger partial charge >= 0.3 is 0 Å². The van der Waals surface area contributed by atoms with Gasteiger partial charge in [0.25, 0.3) is 5.91 Å². The Morgan fingerprint density at radius 1 is 1.07 bits per heavy atom. The number of Topliss-reactive ketones (excluding diaryl/α,β-unsaturated/α-hetero) is 1. The van der Waals surface area contributed by atoms with Crippen LogP contribution in [0.3, 0.4) is 0 Å². The van der Waals surface area contributed by atoms with E-state index in [4.69, 9.17) is 9.72 Å². The van der Waals surface area contributed by atoms with Crippen LogP contribution >= 0.6 is 11.3 Å². The highest BCUT2D eigenvalue weighted by atomic mass is 32.1. The number of likely N-dealkylation sites (tertiary alicyclic amines) is 1. The molecule has 3 saturated heterocycles. The smallest absolute Gasteiger partial charge is 0.251 e. The van der Waals surface area contributed by atoms with E-state index in [0.29, 0.717) is 12.1 Å². The van der Waals surface area contributed by atoms with Crippen LogP contribution in [0.1, 0.15) is 56.8 Å². The number of fused-ring (bicyclic) bond motifs is 1. The normalized spacial score (nSPS) is 26.1. The third-order valence-corrected chi connectivity index (χ3v) is 10.6. The van der Waals surface area contributed by atoms with E-state index in [1.807, 2.05) is 24.3 Å². The van der Waals surface area contributed by atoms with E-state index in [1.165, 1.54) is 0 Å². The quantitative estimate of drug-likeness (QED) is 0.546. The van der Waals surface area contributed by atoms with E-state index in [-0.39, 0.29) is 47.6 Å². The molecule has 1 aromatic heterocycles. The third kappa shape index (κ3) is 5.73. The number of nitrogens with zero attached hydrogens (tertiary/aromatic N) is 4. The molecule has 3 aliphatic heterocycles. The molecule has 4 fully saturated rings. The highest BCUT2D eigenvalue weighted by molar-refractivity contribution is 7.14. The maximum absolute atomic E-state index is 14.1. The summed E-state index contributed by atoms with van der Waals surface area (Å²) in [5.41, 5.74) is 2.26. The number of nitrogens with one attached hydrogen (secondary N) is 1. The largest absolute Gasteiger partial charge is 0.367 e. The topological polar surface area (TPSA) is 95.1 Å². The van der Waals surface area contributed by atoms with E-state index in [1.54, 1.807) is 16.2 Å². The summed E-state index contributed by atoms with van der Waals surface area (Å²) in [5.74, 6) is -0.321. The van der Waals surface area contributed by atoms with Crippen molar-refractivity contribution >= 4 is 34.1 Å². The van der Waals surface area contributed by atoms with Crippen LogP contribution in [0.15, 0.2) is 29.6 Å². The van der Waals surface area contributed by atoms with Crippen LogP contribution < -0.4 is 10.2 Å². The van der Waals surface area contributed by atoms with Gasteiger partial charge in [-0.05, 0) is 43.4 Å². The van der Waals surface area contributed by atoms with Crippen LogP contribution in [0.5, 0.6) is 0 Å². The number of thiazole rings is 1. The number of amides is 2. The van der Waals surface area contributed by atoms with Crippen molar-refractivity contribution in [1.82, 2.24) is 20.1 Å². The van der Waals surface area contributed by atoms with Crippen molar-refractivity contribution in [2.45, 2.75) is 64.6 Å². The van der Waals surface area contributed by atoms with Gasteiger partial charge in [-0.3, -0.25) is 14.4 Å². The zero-order chi connectivity index (χ0) is 29.6. The van der Waals surface area contributed by atoms with E-state index in [2.05, 4.69) is 48.3 Å². The van der Waals surface area contributed by atoms with Gasteiger partial charge in [-0.1, -0.05) is 45.7 Å². The van der Waals surface area contributed by atoms with Crippen molar-refractivity contribution in [3.05, 3.63) is 35.2 Å². The molecule has 10 heteroatoms. The number of ketones is 1. The van der Waals surface area contributed by atoms with Crippen molar-refractivity contribution in [3.8, 4) is 11.3 Å². The van der Waals surface area contributed by atoms with Crippen LogP contribution in [-0.4, -0.2) is 96.9 Å². The summed E-state index contributed by atoms with van der Waals surface area (Å²) in [7, 11) is 2.14. The van der Waals surface area contributed by atoms with Gasteiger partial charge < -0.3 is 24.8 Å². The molecule has 226 valence electrons. The molecule has 1 N–H and O–H groups in total. The molecule has 0 radical (unpaired) electrons. The molecule has 1 aliphatic carbocycles. The average Bonchev–Trinajstić information content (AvgIpc) is 3.78. The molecule has 0 bridgehead atoms. The number of hydrogen-bond acceptors (Lipinski definition) is 8. The van der Waals surface area contributed by atoms with Crippen molar-refractivity contribution in [2.24, 2.45) is 17.3 Å². The van der Waals surface area contributed by atoms with Gasteiger partial charge in [0.05, 0.1) is 11.8 Å². The zero-order valence-electron chi connectivity index (χ0n) is 25.2. The van der Waals surface area contributed by atoms with Crippen LogP contribution in [-0.2, 0) is 14.3 Å². The first-order chi connectivity index (χ1) is 20.1. The lowest BCUT2D eigenvalue weighted by atomic mass is 9.78. The van der Waals surface area contributed by atoms with Crippen molar-refractivity contribution in [2.75, 3.05) is 51.3 Å². The number of rotatable bonds is 6. The number of carbonyl (C=O) groups is 3. The van der Waals surface area contributed by atoms with Gasteiger partial charge in [-0.2, -0.15) is 0 Å². The number of benzene rings is 1. The molecule has 0 spiro atoms. The molecule has 4 aliphatic rings. The molecule has 4 heterocycles. The summed E-state index contributed by atoms with van der Waals surface area (Å²) in [6.07, 6.45) is 3.59. The molecule has 2 amide bonds.